The summed E-state index contributed by atoms with van der Waals surface area (Å²) in [7, 11) is 0. The molecule has 0 unspecified atom stereocenters. The van der Waals surface area contributed by atoms with E-state index in [1.165, 1.54) is 11.3 Å². The number of para-hydroxylation sites is 1. The van der Waals surface area contributed by atoms with Crippen molar-refractivity contribution in [1.29, 1.82) is 0 Å². The Balaban J connectivity index is 1.54. The van der Waals surface area contributed by atoms with Crippen LogP contribution in [-0.4, -0.2) is 50.1 Å². The van der Waals surface area contributed by atoms with Crippen molar-refractivity contribution in [3.05, 3.63) is 29.8 Å². The first-order chi connectivity index (χ1) is 9.74. The van der Waals surface area contributed by atoms with Crippen molar-refractivity contribution in [2.45, 2.75) is 13.3 Å². The number of benzene rings is 1. The maximum Gasteiger partial charge on any atom is 0.223 e. The third kappa shape index (κ3) is 2.80. The minimum absolute atomic E-state index is 0.334. The molecule has 0 radical (unpaired) electrons. The monoisotopic (exact) mass is 273 g/mol. The van der Waals surface area contributed by atoms with Crippen LogP contribution < -0.4 is 10.2 Å². The third-order valence-corrected chi connectivity index (χ3v) is 4.42. The van der Waals surface area contributed by atoms with Gasteiger partial charge in [0.2, 0.25) is 5.91 Å². The highest BCUT2D eigenvalue weighted by Gasteiger charge is 2.26. The van der Waals surface area contributed by atoms with E-state index in [0.717, 1.165) is 45.7 Å². The Morgan fingerprint density at radius 1 is 1.20 bits per heavy atom. The van der Waals surface area contributed by atoms with Crippen molar-refractivity contribution in [3.8, 4) is 0 Å². The standard InChI is InChI=1S/C16H23N3O/c1-13-4-2-3-5-15(13)18-6-8-19(9-7-18)16(20)10-14-11-17-12-14/h2-5,14,17H,6-12H2,1H3. The highest BCUT2D eigenvalue weighted by molar-refractivity contribution is 5.77. The number of hydrogen-bond acceptors (Lipinski definition) is 3. The zero-order valence-corrected chi connectivity index (χ0v) is 12.1. The Hall–Kier alpha value is -1.55. The van der Waals surface area contributed by atoms with E-state index in [4.69, 9.17) is 0 Å². The van der Waals surface area contributed by atoms with Gasteiger partial charge in [-0.2, -0.15) is 0 Å². The fraction of sp³-hybridized carbons (Fsp3) is 0.562. The number of carbonyl (C=O) groups is 1. The fourth-order valence-electron chi connectivity index (χ4n) is 2.98. The predicted molar refractivity (Wildman–Crippen MR) is 80.9 cm³/mol. The summed E-state index contributed by atoms with van der Waals surface area (Å²) in [6, 6.07) is 8.48. The lowest BCUT2D eigenvalue weighted by Crippen LogP contribution is -2.51. The summed E-state index contributed by atoms with van der Waals surface area (Å²) >= 11 is 0. The third-order valence-electron chi connectivity index (χ3n) is 4.42. The molecule has 2 fully saturated rings. The average Bonchev–Trinajstić information content (AvgIpc) is 2.43. The van der Waals surface area contributed by atoms with Gasteiger partial charge in [-0.1, -0.05) is 18.2 Å². The second-order valence-electron chi connectivity index (χ2n) is 5.88. The predicted octanol–water partition coefficient (Wildman–Crippen LogP) is 1.25. The SMILES string of the molecule is Cc1ccccc1N1CCN(C(=O)CC2CNC2)CC1. The molecule has 0 saturated carbocycles. The van der Waals surface area contributed by atoms with Crippen molar-refractivity contribution >= 4 is 11.6 Å². The Labute approximate surface area is 120 Å². The minimum atomic E-state index is 0.334. The van der Waals surface area contributed by atoms with Gasteiger partial charge in [0.25, 0.3) is 0 Å². The van der Waals surface area contributed by atoms with Crippen molar-refractivity contribution in [3.63, 3.8) is 0 Å². The molecule has 2 saturated heterocycles. The summed E-state index contributed by atoms with van der Waals surface area (Å²) in [5.74, 6) is 0.901. The van der Waals surface area contributed by atoms with Gasteiger partial charge in [0, 0.05) is 38.3 Å². The van der Waals surface area contributed by atoms with E-state index in [9.17, 15) is 4.79 Å². The lowest BCUT2D eigenvalue weighted by molar-refractivity contribution is -0.132. The first kappa shape index (κ1) is 13.4. The topological polar surface area (TPSA) is 35.6 Å². The molecule has 0 spiro atoms. The van der Waals surface area contributed by atoms with Crippen LogP contribution in [0, 0.1) is 12.8 Å². The summed E-state index contributed by atoms with van der Waals surface area (Å²) in [6.07, 6.45) is 0.720. The summed E-state index contributed by atoms with van der Waals surface area (Å²) in [5, 5.41) is 3.23. The van der Waals surface area contributed by atoms with Crippen molar-refractivity contribution < 1.29 is 4.79 Å². The highest BCUT2D eigenvalue weighted by Crippen LogP contribution is 2.21. The zero-order valence-electron chi connectivity index (χ0n) is 12.1. The molecule has 0 bridgehead atoms. The van der Waals surface area contributed by atoms with E-state index in [0.29, 0.717) is 11.8 Å². The van der Waals surface area contributed by atoms with Crippen LogP contribution in [0.15, 0.2) is 24.3 Å². The van der Waals surface area contributed by atoms with Gasteiger partial charge in [-0.25, -0.2) is 0 Å². The van der Waals surface area contributed by atoms with Crippen molar-refractivity contribution in [2.24, 2.45) is 5.92 Å². The number of rotatable bonds is 3. The van der Waals surface area contributed by atoms with Gasteiger partial charge in [0.05, 0.1) is 0 Å². The largest absolute Gasteiger partial charge is 0.368 e. The number of aryl methyl sites for hydroxylation is 1. The molecule has 0 aromatic heterocycles. The van der Waals surface area contributed by atoms with Crippen LogP contribution in [0.3, 0.4) is 0 Å². The van der Waals surface area contributed by atoms with Crippen LogP contribution in [-0.2, 0) is 4.79 Å². The van der Waals surface area contributed by atoms with E-state index in [1.807, 2.05) is 4.90 Å². The Morgan fingerprint density at radius 2 is 1.90 bits per heavy atom. The zero-order chi connectivity index (χ0) is 13.9. The number of piperazine rings is 1. The normalized spacial score (nSPS) is 19.9. The maximum atomic E-state index is 12.2. The molecule has 1 N–H and O–H groups in total. The van der Waals surface area contributed by atoms with E-state index in [-0.39, 0.29) is 0 Å². The summed E-state index contributed by atoms with van der Waals surface area (Å²) < 4.78 is 0. The van der Waals surface area contributed by atoms with Gasteiger partial charge in [-0.15, -0.1) is 0 Å². The van der Waals surface area contributed by atoms with Gasteiger partial charge in [-0.05, 0) is 37.6 Å². The number of hydrogen-bond donors (Lipinski definition) is 1. The first-order valence-electron chi connectivity index (χ1n) is 7.53. The number of amides is 1. The molecule has 2 heterocycles. The van der Waals surface area contributed by atoms with Gasteiger partial charge < -0.3 is 15.1 Å². The van der Waals surface area contributed by atoms with Gasteiger partial charge in [0.15, 0.2) is 0 Å². The van der Waals surface area contributed by atoms with Crippen LogP contribution in [0.1, 0.15) is 12.0 Å². The Morgan fingerprint density at radius 3 is 2.50 bits per heavy atom. The number of carbonyl (C=O) groups excluding carboxylic acids is 1. The molecule has 4 heteroatoms. The summed E-state index contributed by atoms with van der Waals surface area (Å²) in [6.45, 7) is 7.76. The summed E-state index contributed by atoms with van der Waals surface area (Å²) in [5.41, 5.74) is 2.62. The molecule has 4 nitrogen and oxygen atoms in total. The van der Waals surface area contributed by atoms with Crippen molar-refractivity contribution in [1.82, 2.24) is 10.2 Å². The number of nitrogens with one attached hydrogen (secondary N) is 1. The van der Waals surface area contributed by atoms with E-state index in [1.54, 1.807) is 0 Å². The highest BCUT2D eigenvalue weighted by atomic mass is 16.2. The van der Waals surface area contributed by atoms with E-state index in [2.05, 4.69) is 41.4 Å². The number of nitrogens with zero attached hydrogens (tertiary/aromatic N) is 2. The quantitative estimate of drug-likeness (QED) is 0.900. The molecule has 0 aliphatic carbocycles. The van der Waals surface area contributed by atoms with Crippen LogP contribution in [0.2, 0.25) is 0 Å². The molecule has 1 aromatic carbocycles. The van der Waals surface area contributed by atoms with E-state index < -0.39 is 0 Å². The molecule has 20 heavy (non-hydrogen) atoms. The van der Waals surface area contributed by atoms with Crippen LogP contribution in [0.4, 0.5) is 5.69 Å². The molecular weight excluding hydrogens is 250 g/mol. The van der Waals surface area contributed by atoms with Crippen LogP contribution in [0.5, 0.6) is 0 Å². The molecule has 3 rings (SSSR count). The maximum absolute atomic E-state index is 12.2. The van der Waals surface area contributed by atoms with E-state index >= 15 is 0 Å². The molecular formula is C16H23N3O. The van der Waals surface area contributed by atoms with Crippen molar-refractivity contribution in [2.75, 3.05) is 44.2 Å². The lowest BCUT2D eigenvalue weighted by Gasteiger charge is -2.38. The molecule has 1 amide bonds. The molecule has 2 aliphatic heterocycles. The van der Waals surface area contributed by atoms with Gasteiger partial charge in [0.1, 0.15) is 0 Å². The van der Waals surface area contributed by atoms with Crippen LogP contribution >= 0.6 is 0 Å². The first-order valence-corrected chi connectivity index (χ1v) is 7.53. The molecule has 1 aromatic rings. The fourth-order valence-corrected chi connectivity index (χ4v) is 2.98. The molecule has 2 aliphatic rings. The van der Waals surface area contributed by atoms with Crippen LogP contribution in [0.25, 0.3) is 0 Å². The Bertz CT molecular complexity index is 476. The smallest absolute Gasteiger partial charge is 0.223 e. The number of anilines is 1. The minimum Gasteiger partial charge on any atom is -0.368 e. The van der Waals surface area contributed by atoms with Gasteiger partial charge in [-0.3, -0.25) is 4.79 Å². The Kier molecular flexibility index (Phi) is 3.92. The molecule has 108 valence electrons. The second kappa shape index (κ2) is 5.83. The second-order valence-corrected chi connectivity index (χ2v) is 5.88. The molecule has 0 atom stereocenters. The summed E-state index contributed by atoms with van der Waals surface area (Å²) in [4.78, 5) is 16.6. The lowest BCUT2D eigenvalue weighted by atomic mass is 9.98. The van der Waals surface area contributed by atoms with Gasteiger partial charge >= 0.3 is 0 Å². The average molecular weight is 273 g/mol.